The third-order valence-electron chi connectivity index (χ3n) is 4.18. The van der Waals surface area contributed by atoms with E-state index in [-0.39, 0.29) is 11.9 Å². The summed E-state index contributed by atoms with van der Waals surface area (Å²) in [6.45, 7) is 3.93. The Labute approximate surface area is 141 Å². The molecule has 2 heterocycles. The smallest absolute Gasteiger partial charge is 0.254 e. The SMILES string of the molecule is CCc1c(C(=O)NC2CCNCC2)cnn1-c1cccc(Cl)c1. The molecule has 0 saturated carbocycles. The number of carbonyl (C=O) groups is 1. The van der Waals surface area contributed by atoms with Crippen molar-refractivity contribution in [1.29, 1.82) is 0 Å². The number of rotatable bonds is 4. The van der Waals surface area contributed by atoms with Crippen LogP contribution in [0.15, 0.2) is 30.5 Å². The van der Waals surface area contributed by atoms with Gasteiger partial charge in [0.1, 0.15) is 0 Å². The van der Waals surface area contributed by atoms with Gasteiger partial charge >= 0.3 is 0 Å². The molecule has 5 nitrogen and oxygen atoms in total. The molecule has 3 rings (SSSR count). The second-order valence-corrected chi connectivity index (χ2v) is 6.18. The number of hydrogen-bond donors (Lipinski definition) is 2. The number of nitrogens with zero attached hydrogens (tertiary/aromatic N) is 2. The summed E-state index contributed by atoms with van der Waals surface area (Å²) in [4.78, 5) is 12.6. The summed E-state index contributed by atoms with van der Waals surface area (Å²) < 4.78 is 1.79. The molecule has 122 valence electrons. The normalized spacial score (nSPS) is 15.6. The molecule has 1 amide bonds. The molecular weight excluding hydrogens is 312 g/mol. The number of hydrogen-bond acceptors (Lipinski definition) is 3. The highest BCUT2D eigenvalue weighted by Crippen LogP contribution is 2.19. The van der Waals surface area contributed by atoms with Gasteiger partial charge in [-0.05, 0) is 50.6 Å². The van der Waals surface area contributed by atoms with E-state index in [0.29, 0.717) is 10.6 Å². The summed E-state index contributed by atoms with van der Waals surface area (Å²) in [5.41, 5.74) is 2.42. The number of amides is 1. The van der Waals surface area contributed by atoms with E-state index in [2.05, 4.69) is 15.7 Å². The van der Waals surface area contributed by atoms with Crippen LogP contribution in [-0.4, -0.2) is 34.8 Å². The van der Waals surface area contributed by atoms with Crippen LogP contribution in [0.2, 0.25) is 5.02 Å². The molecule has 0 bridgehead atoms. The molecule has 0 radical (unpaired) electrons. The Morgan fingerprint density at radius 2 is 2.22 bits per heavy atom. The fourth-order valence-corrected chi connectivity index (χ4v) is 3.15. The summed E-state index contributed by atoms with van der Waals surface area (Å²) >= 11 is 6.06. The lowest BCUT2D eigenvalue weighted by Crippen LogP contribution is -2.42. The topological polar surface area (TPSA) is 59.0 Å². The minimum Gasteiger partial charge on any atom is -0.349 e. The van der Waals surface area contributed by atoms with Crippen LogP contribution in [0.3, 0.4) is 0 Å². The van der Waals surface area contributed by atoms with Crippen LogP contribution in [0, 0.1) is 0 Å². The van der Waals surface area contributed by atoms with E-state index in [4.69, 9.17) is 11.6 Å². The van der Waals surface area contributed by atoms with Gasteiger partial charge < -0.3 is 10.6 Å². The first-order valence-electron chi connectivity index (χ1n) is 8.03. The molecule has 0 spiro atoms. The number of carbonyl (C=O) groups excluding carboxylic acids is 1. The zero-order valence-electron chi connectivity index (χ0n) is 13.2. The van der Waals surface area contributed by atoms with Gasteiger partial charge in [-0.1, -0.05) is 24.6 Å². The Bertz CT molecular complexity index is 692. The van der Waals surface area contributed by atoms with Gasteiger partial charge in [0.2, 0.25) is 0 Å². The molecule has 1 aliphatic heterocycles. The molecule has 0 aliphatic carbocycles. The van der Waals surface area contributed by atoms with Crippen molar-refractivity contribution in [1.82, 2.24) is 20.4 Å². The van der Waals surface area contributed by atoms with E-state index in [1.54, 1.807) is 10.9 Å². The average Bonchev–Trinajstić information content (AvgIpc) is 3.00. The van der Waals surface area contributed by atoms with Gasteiger partial charge in [-0.15, -0.1) is 0 Å². The molecule has 1 aromatic carbocycles. The standard InChI is InChI=1S/C17H21ClN4O/c1-2-16-15(17(23)21-13-6-8-19-9-7-13)11-20-22(16)14-5-3-4-12(18)10-14/h3-5,10-11,13,19H,2,6-9H2,1H3,(H,21,23). The third-order valence-corrected chi connectivity index (χ3v) is 4.41. The van der Waals surface area contributed by atoms with E-state index < -0.39 is 0 Å². The van der Waals surface area contributed by atoms with E-state index in [1.165, 1.54) is 0 Å². The lowest BCUT2D eigenvalue weighted by Gasteiger charge is -2.23. The van der Waals surface area contributed by atoms with Crippen LogP contribution in [0.4, 0.5) is 0 Å². The minimum atomic E-state index is -0.0398. The van der Waals surface area contributed by atoms with Gasteiger partial charge in [0, 0.05) is 11.1 Å². The maximum absolute atomic E-state index is 12.6. The third kappa shape index (κ3) is 3.57. The van der Waals surface area contributed by atoms with Gasteiger partial charge in [-0.2, -0.15) is 5.10 Å². The van der Waals surface area contributed by atoms with Gasteiger partial charge in [0.05, 0.1) is 23.1 Å². The Hall–Kier alpha value is -1.85. The van der Waals surface area contributed by atoms with Crippen LogP contribution >= 0.6 is 11.6 Å². The zero-order valence-corrected chi connectivity index (χ0v) is 13.9. The van der Waals surface area contributed by atoms with E-state index >= 15 is 0 Å². The number of nitrogens with one attached hydrogen (secondary N) is 2. The molecule has 0 unspecified atom stereocenters. The molecule has 1 fully saturated rings. The Balaban J connectivity index is 1.84. The lowest BCUT2D eigenvalue weighted by molar-refractivity contribution is 0.0928. The monoisotopic (exact) mass is 332 g/mol. The highest BCUT2D eigenvalue weighted by molar-refractivity contribution is 6.30. The van der Waals surface area contributed by atoms with Crippen molar-refractivity contribution in [3.05, 3.63) is 46.7 Å². The summed E-state index contributed by atoms with van der Waals surface area (Å²) in [5.74, 6) is -0.0398. The highest BCUT2D eigenvalue weighted by atomic mass is 35.5. The first-order valence-corrected chi connectivity index (χ1v) is 8.41. The summed E-state index contributed by atoms with van der Waals surface area (Å²) in [6.07, 6.45) is 4.31. The Kier molecular flexibility index (Phi) is 4.98. The largest absolute Gasteiger partial charge is 0.349 e. The van der Waals surface area contributed by atoms with Crippen molar-refractivity contribution in [2.24, 2.45) is 0 Å². The van der Waals surface area contributed by atoms with E-state index in [0.717, 1.165) is 43.7 Å². The van der Waals surface area contributed by atoms with Crippen LogP contribution in [0.5, 0.6) is 0 Å². The first kappa shape index (κ1) is 16.0. The predicted molar refractivity (Wildman–Crippen MR) is 91.3 cm³/mol. The summed E-state index contributed by atoms with van der Waals surface area (Å²) in [5, 5.41) is 11.5. The summed E-state index contributed by atoms with van der Waals surface area (Å²) in [6, 6.07) is 7.73. The van der Waals surface area contributed by atoms with E-state index in [1.807, 2.05) is 31.2 Å². The maximum Gasteiger partial charge on any atom is 0.254 e. The van der Waals surface area contributed by atoms with Crippen molar-refractivity contribution in [3.8, 4) is 5.69 Å². The second kappa shape index (κ2) is 7.15. The van der Waals surface area contributed by atoms with E-state index in [9.17, 15) is 4.79 Å². The fourth-order valence-electron chi connectivity index (χ4n) is 2.96. The van der Waals surface area contributed by atoms with Gasteiger partial charge in [0.25, 0.3) is 5.91 Å². The molecular formula is C17H21ClN4O. The van der Waals surface area contributed by atoms with Crippen molar-refractivity contribution < 1.29 is 4.79 Å². The zero-order chi connectivity index (χ0) is 16.2. The van der Waals surface area contributed by atoms with Crippen LogP contribution < -0.4 is 10.6 Å². The second-order valence-electron chi connectivity index (χ2n) is 5.75. The van der Waals surface area contributed by atoms with Crippen LogP contribution in [0.1, 0.15) is 35.8 Å². The quantitative estimate of drug-likeness (QED) is 0.904. The molecule has 2 aromatic rings. The summed E-state index contributed by atoms with van der Waals surface area (Å²) in [7, 11) is 0. The fraction of sp³-hybridized carbons (Fsp3) is 0.412. The lowest BCUT2D eigenvalue weighted by atomic mass is 10.1. The molecule has 1 saturated heterocycles. The Morgan fingerprint density at radius 3 is 2.91 bits per heavy atom. The molecule has 23 heavy (non-hydrogen) atoms. The van der Waals surface area contributed by atoms with Crippen LogP contribution in [-0.2, 0) is 6.42 Å². The van der Waals surface area contributed by atoms with Gasteiger partial charge in [0.15, 0.2) is 0 Å². The van der Waals surface area contributed by atoms with Crippen LogP contribution in [0.25, 0.3) is 5.69 Å². The minimum absolute atomic E-state index is 0.0398. The number of benzene rings is 1. The average molecular weight is 333 g/mol. The maximum atomic E-state index is 12.6. The number of aromatic nitrogens is 2. The van der Waals surface area contributed by atoms with Crippen molar-refractivity contribution in [2.45, 2.75) is 32.2 Å². The van der Waals surface area contributed by atoms with Gasteiger partial charge in [-0.25, -0.2) is 4.68 Å². The number of halogens is 1. The molecule has 0 atom stereocenters. The molecule has 1 aliphatic rings. The van der Waals surface area contributed by atoms with Crippen molar-refractivity contribution >= 4 is 17.5 Å². The molecule has 2 N–H and O–H groups in total. The van der Waals surface area contributed by atoms with Crippen molar-refractivity contribution in [2.75, 3.05) is 13.1 Å². The Morgan fingerprint density at radius 1 is 1.43 bits per heavy atom. The molecule has 1 aromatic heterocycles. The van der Waals surface area contributed by atoms with Crippen molar-refractivity contribution in [3.63, 3.8) is 0 Å². The van der Waals surface area contributed by atoms with Gasteiger partial charge in [-0.3, -0.25) is 4.79 Å². The highest BCUT2D eigenvalue weighted by Gasteiger charge is 2.21. The first-order chi connectivity index (χ1) is 11.2. The molecule has 6 heteroatoms. The number of piperidine rings is 1. The predicted octanol–water partition coefficient (Wildman–Crippen LogP) is 2.57.